The Hall–Kier alpha value is -1.53. The van der Waals surface area contributed by atoms with Gasteiger partial charge in [-0.25, -0.2) is 0 Å². The van der Waals surface area contributed by atoms with Gasteiger partial charge in [0.25, 0.3) is 0 Å². The lowest BCUT2D eigenvalue weighted by Gasteiger charge is -2.16. The summed E-state index contributed by atoms with van der Waals surface area (Å²) in [5.74, 6) is -0.312. The highest BCUT2D eigenvalue weighted by molar-refractivity contribution is 5.80. The largest absolute Gasteiger partial charge is 0.435 e. The van der Waals surface area contributed by atoms with Gasteiger partial charge in [0.05, 0.1) is 0 Å². The minimum Gasteiger partial charge on any atom is -0.357 e. The van der Waals surface area contributed by atoms with Crippen LogP contribution in [0.2, 0.25) is 0 Å². The van der Waals surface area contributed by atoms with Crippen LogP contribution in [0.4, 0.5) is 13.2 Å². The van der Waals surface area contributed by atoms with E-state index in [4.69, 9.17) is 0 Å². The Morgan fingerprint density at radius 1 is 1.47 bits per heavy atom. The zero-order chi connectivity index (χ0) is 14.2. The van der Waals surface area contributed by atoms with Crippen molar-refractivity contribution < 1.29 is 18.0 Å². The fourth-order valence-electron chi connectivity index (χ4n) is 2.59. The zero-order valence-electron chi connectivity index (χ0n) is 10.8. The van der Waals surface area contributed by atoms with Crippen molar-refractivity contribution in [3.8, 4) is 0 Å². The van der Waals surface area contributed by atoms with Gasteiger partial charge in [0.2, 0.25) is 5.91 Å². The van der Waals surface area contributed by atoms with E-state index in [2.05, 4.69) is 10.4 Å². The predicted molar refractivity (Wildman–Crippen MR) is 62.6 cm³/mol. The maximum absolute atomic E-state index is 12.9. The Balaban J connectivity index is 2.50. The summed E-state index contributed by atoms with van der Waals surface area (Å²) in [6.45, 7) is 1.76. The lowest BCUT2D eigenvalue weighted by molar-refractivity contribution is -0.142. The minimum absolute atomic E-state index is 0.259. The van der Waals surface area contributed by atoms with Crippen LogP contribution in [0.15, 0.2) is 0 Å². The minimum atomic E-state index is -4.46. The molecular formula is C12H16F3N3O. The van der Waals surface area contributed by atoms with Crippen molar-refractivity contribution in [1.29, 1.82) is 0 Å². The van der Waals surface area contributed by atoms with Crippen LogP contribution in [0, 0.1) is 0 Å². The van der Waals surface area contributed by atoms with Gasteiger partial charge >= 0.3 is 6.18 Å². The first kappa shape index (κ1) is 13.9. The molecule has 0 unspecified atom stereocenters. The fraction of sp³-hybridized carbons (Fsp3) is 0.667. The molecule has 0 fully saturated rings. The van der Waals surface area contributed by atoms with E-state index < -0.39 is 17.9 Å². The van der Waals surface area contributed by atoms with Crippen molar-refractivity contribution in [2.45, 2.75) is 44.8 Å². The van der Waals surface area contributed by atoms with Gasteiger partial charge < -0.3 is 5.32 Å². The van der Waals surface area contributed by atoms with E-state index in [1.807, 2.05) is 0 Å². The quantitative estimate of drug-likeness (QED) is 0.918. The first-order chi connectivity index (χ1) is 8.90. The monoisotopic (exact) mass is 275 g/mol. The van der Waals surface area contributed by atoms with Gasteiger partial charge in [0.15, 0.2) is 5.69 Å². The summed E-state index contributed by atoms with van der Waals surface area (Å²) in [7, 11) is 1.47. The molecule has 0 saturated carbocycles. The lowest BCUT2D eigenvalue weighted by atomic mass is 10.2. The molecule has 0 saturated heterocycles. The van der Waals surface area contributed by atoms with E-state index in [1.165, 1.54) is 11.7 Å². The Morgan fingerprint density at radius 3 is 2.68 bits per heavy atom. The number of likely N-dealkylation sites (N-methyl/N-ethyl adjacent to an activating group) is 1. The molecule has 0 aliphatic heterocycles. The van der Waals surface area contributed by atoms with Crippen LogP contribution in [0.25, 0.3) is 0 Å². The van der Waals surface area contributed by atoms with E-state index in [0.717, 1.165) is 0 Å². The Labute approximate surface area is 109 Å². The molecule has 1 atom stereocenters. The summed E-state index contributed by atoms with van der Waals surface area (Å²) in [6.07, 6.45) is -2.44. The van der Waals surface area contributed by atoms with Gasteiger partial charge in [0, 0.05) is 18.3 Å². The summed E-state index contributed by atoms with van der Waals surface area (Å²) in [4.78, 5) is 11.7. The van der Waals surface area contributed by atoms with Gasteiger partial charge in [0.1, 0.15) is 6.04 Å². The molecule has 1 aromatic heterocycles. The normalized spacial score (nSPS) is 16.3. The summed E-state index contributed by atoms with van der Waals surface area (Å²) in [6, 6.07) is -0.673. The second-order valence-corrected chi connectivity index (χ2v) is 4.61. The molecule has 1 amide bonds. The molecule has 1 aliphatic rings. The van der Waals surface area contributed by atoms with E-state index in [9.17, 15) is 18.0 Å². The van der Waals surface area contributed by atoms with Gasteiger partial charge in [-0.3, -0.25) is 9.48 Å². The van der Waals surface area contributed by atoms with Crippen molar-refractivity contribution in [2.75, 3.05) is 7.05 Å². The molecule has 7 heteroatoms. The Morgan fingerprint density at radius 2 is 2.16 bits per heavy atom. The summed E-state index contributed by atoms with van der Waals surface area (Å²) in [5.41, 5.74) is -0.0139. The number of halogens is 3. The number of carbonyl (C=O) groups excluding carboxylic acids is 1. The lowest BCUT2D eigenvalue weighted by Crippen LogP contribution is -2.31. The van der Waals surface area contributed by atoms with Crippen LogP contribution >= 0.6 is 0 Å². The van der Waals surface area contributed by atoms with E-state index in [0.29, 0.717) is 31.4 Å². The third kappa shape index (κ3) is 2.33. The number of nitrogens with zero attached hydrogens (tertiary/aromatic N) is 2. The summed E-state index contributed by atoms with van der Waals surface area (Å²) >= 11 is 0. The highest BCUT2D eigenvalue weighted by atomic mass is 19.4. The zero-order valence-corrected chi connectivity index (χ0v) is 10.8. The maximum Gasteiger partial charge on any atom is 0.435 e. The van der Waals surface area contributed by atoms with Crippen LogP contribution < -0.4 is 5.32 Å². The molecule has 1 N–H and O–H groups in total. The van der Waals surface area contributed by atoms with Gasteiger partial charge in [-0.2, -0.15) is 18.3 Å². The highest BCUT2D eigenvalue weighted by Gasteiger charge is 2.41. The topological polar surface area (TPSA) is 46.9 Å². The number of rotatable bonds is 3. The Kier molecular flexibility index (Phi) is 3.56. The molecule has 0 spiro atoms. The van der Waals surface area contributed by atoms with Crippen LogP contribution in [0.3, 0.4) is 0 Å². The molecule has 1 aliphatic carbocycles. The van der Waals surface area contributed by atoms with Crippen molar-refractivity contribution in [1.82, 2.24) is 15.1 Å². The van der Waals surface area contributed by atoms with E-state index >= 15 is 0 Å². The van der Waals surface area contributed by atoms with Crippen LogP contribution in [-0.4, -0.2) is 22.7 Å². The molecule has 1 aromatic rings. The number of hydrogen-bond acceptors (Lipinski definition) is 2. The molecule has 19 heavy (non-hydrogen) atoms. The third-order valence-corrected chi connectivity index (χ3v) is 3.46. The first-order valence-electron chi connectivity index (χ1n) is 6.29. The molecule has 0 bridgehead atoms. The van der Waals surface area contributed by atoms with Crippen LogP contribution in [0.1, 0.15) is 42.8 Å². The molecule has 0 radical (unpaired) electrons. The predicted octanol–water partition coefficient (Wildman–Crippen LogP) is 2.09. The average molecular weight is 275 g/mol. The summed E-state index contributed by atoms with van der Waals surface area (Å²) < 4.78 is 40.1. The average Bonchev–Trinajstić information content (AvgIpc) is 2.91. The number of alkyl halides is 3. The second-order valence-electron chi connectivity index (χ2n) is 4.61. The molecule has 1 heterocycles. The first-order valence-corrected chi connectivity index (χ1v) is 6.29. The van der Waals surface area contributed by atoms with Crippen LogP contribution in [-0.2, 0) is 23.8 Å². The SMILES string of the molecule is CC[C@H](C(=O)NC)n1nc(C(F)(F)F)c2c1CCC2. The molecule has 2 rings (SSSR count). The van der Waals surface area contributed by atoms with E-state index in [1.54, 1.807) is 6.92 Å². The standard InChI is InChI=1S/C12H16F3N3O/c1-3-8(11(19)16-2)18-9-6-4-5-7(9)10(17-18)12(13,14)15/h8H,3-6H2,1-2H3,(H,16,19)/t8-/m1/s1. The number of nitrogens with one attached hydrogen (secondary N) is 1. The van der Waals surface area contributed by atoms with Crippen molar-refractivity contribution in [3.63, 3.8) is 0 Å². The van der Waals surface area contributed by atoms with E-state index in [-0.39, 0.29) is 11.5 Å². The fourth-order valence-corrected chi connectivity index (χ4v) is 2.59. The number of carbonyl (C=O) groups is 1. The van der Waals surface area contributed by atoms with Crippen molar-refractivity contribution in [2.24, 2.45) is 0 Å². The smallest absolute Gasteiger partial charge is 0.357 e. The third-order valence-electron chi connectivity index (χ3n) is 3.46. The maximum atomic E-state index is 12.9. The van der Waals surface area contributed by atoms with Gasteiger partial charge in [-0.15, -0.1) is 0 Å². The molecule has 106 valence electrons. The molecule has 0 aromatic carbocycles. The van der Waals surface area contributed by atoms with Crippen molar-refractivity contribution >= 4 is 5.91 Å². The van der Waals surface area contributed by atoms with Gasteiger partial charge in [-0.05, 0) is 25.7 Å². The molecule has 4 nitrogen and oxygen atoms in total. The van der Waals surface area contributed by atoms with Crippen LogP contribution in [0.5, 0.6) is 0 Å². The number of fused-ring (bicyclic) bond motifs is 1. The number of aromatic nitrogens is 2. The Bertz CT molecular complexity index is 493. The second kappa shape index (κ2) is 4.86. The summed E-state index contributed by atoms with van der Waals surface area (Å²) in [5, 5.41) is 6.15. The van der Waals surface area contributed by atoms with Crippen molar-refractivity contribution in [3.05, 3.63) is 17.0 Å². The van der Waals surface area contributed by atoms with Gasteiger partial charge in [-0.1, -0.05) is 6.92 Å². The number of hydrogen-bond donors (Lipinski definition) is 1. The molecular weight excluding hydrogens is 259 g/mol. The number of amides is 1. The highest BCUT2D eigenvalue weighted by Crippen LogP contribution is 2.37.